The summed E-state index contributed by atoms with van der Waals surface area (Å²) in [7, 11) is 1.54. The Balaban J connectivity index is 1.71. The number of methoxy groups -OCH3 is 1. The van der Waals surface area contributed by atoms with Crippen LogP contribution in [0, 0.1) is 0 Å². The molecule has 2 aromatic carbocycles. The van der Waals surface area contributed by atoms with Crippen molar-refractivity contribution in [2.75, 3.05) is 25.1 Å². The van der Waals surface area contributed by atoms with E-state index in [0.717, 1.165) is 10.9 Å². The van der Waals surface area contributed by atoms with Crippen LogP contribution in [-0.2, 0) is 16.2 Å². The van der Waals surface area contributed by atoms with Gasteiger partial charge in [-0.2, -0.15) is 0 Å². The van der Waals surface area contributed by atoms with E-state index in [-0.39, 0.29) is 17.8 Å². The molecule has 10 heteroatoms. The number of benzene rings is 3. The lowest BCUT2D eigenvalue weighted by Crippen LogP contribution is -2.34. The number of fused-ring (bicyclic) bond motifs is 2. The number of carboxylic acids is 2. The summed E-state index contributed by atoms with van der Waals surface area (Å²) in [6.07, 6.45) is 1.63. The molecule has 1 aromatic heterocycles. The third-order valence-electron chi connectivity index (χ3n) is 6.24. The van der Waals surface area contributed by atoms with Gasteiger partial charge in [0.05, 0.1) is 18.5 Å². The summed E-state index contributed by atoms with van der Waals surface area (Å²) in [6, 6.07) is 20.4. The number of carboxylic acid groups (broad SMARTS) is 2. The van der Waals surface area contributed by atoms with Crippen molar-refractivity contribution in [3.63, 3.8) is 0 Å². The van der Waals surface area contributed by atoms with Gasteiger partial charge in [-0.15, -0.1) is 0 Å². The van der Waals surface area contributed by atoms with Crippen molar-refractivity contribution in [1.82, 2.24) is 4.98 Å². The number of hydrogen-bond donors (Lipinski definition) is 2. The van der Waals surface area contributed by atoms with Crippen molar-refractivity contribution < 1.29 is 33.7 Å². The van der Waals surface area contributed by atoms with E-state index in [0.29, 0.717) is 39.6 Å². The van der Waals surface area contributed by atoms with Crippen LogP contribution >= 0.6 is 0 Å². The predicted molar refractivity (Wildman–Crippen MR) is 147 cm³/mol. The van der Waals surface area contributed by atoms with Gasteiger partial charge < -0.3 is 29.0 Å². The van der Waals surface area contributed by atoms with E-state index in [4.69, 9.17) is 13.9 Å². The van der Waals surface area contributed by atoms with Crippen LogP contribution in [0.2, 0.25) is 0 Å². The molecule has 2 aliphatic rings. The van der Waals surface area contributed by atoms with E-state index < -0.39 is 25.0 Å². The van der Waals surface area contributed by atoms with Gasteiger partial charge in [-0.25, -0.2) is 0 Å². The standard InChI is InChI=1S/C30H24N2O8/c1-38-21-7-9-23-26(14-21)40-25-13-20(33)6-8-22(25)30(23)18-5-10-24(32(15-28(34)35)16-29(36)37)27(12-18)39-17-19-4-2-3-11-31-19/h2-14H,15-17H2,1H3,(H,34,35)(H,36,37). The Morgan fingerprint density at radius 1 is 0.950 bits per heavy atom. The third-order valence-corrected chi connectivity index (χ3v) is 6.24. The Hall–Kier alpha value is -5.38. The summed E-state index contributed by atoms with van der Waals surface area (Å²) >= 11 is 0. The molecule has 5 rings (SSSR count). The van der Waals surface area contributed by atoms with Crippen LogP contribution in [0.3, 0.4) is 0 Å². The molecule has 40 heavy (non-hydrogen) atoms. The van der Waals surface area contributed by atoms with Crippen LogP contribution < -0.4 is 19.8 Å². The zero-order chi connectivity index (χ0) is 28.2. The van der Waals surface area contributed by atoms with E-state index in [9.17, 15) is 24.6 Å². The monoisotopic (exact) mass is 540 g/mol. The predicted octanol–water partition coefficient (Wildman–Crippen LogP) is 4.52. The molecule has 3 aromatic rings. The molecule has 0 saturated carbocycles. The molecule has 0 unspecified atom stereocenters. The van der Waals surface area contributed by atoms with Crippen LogP contribution in [0.15, 0.2) is 88.2 Å². The first kappa shape index (κ1) is 26.2. The molecule has 0 saturated heterocycles. The van der Waals surface area contributed by atoms with E-state index >= 15 is 0 Å². The quantitative estimate of drug-likeness (QED) is 0.243. The number of aliphatic carboxylic acids is 2. The first-order chi connectivity index (χ1) is 19.3. The molecule has 2 N–H and O–H groups in total. The fraction of sp³-hybridized carbons (Fsp3) is 0.133. The van der Waals surface area contributed by atoms with Crippen LogP contribution in [0.25, 0.3) is 33.4 Å². The van der Waals surface area contributed by atoms with Crippen LogP contribution in [0.4, 0.5) is 5.69 Å². The summed E-state index contributed by atoms with van der Waals surface area (Å²) in [4.78, 5) is 40.8. The molecular formula is C30H24N2O8. The maximum absolute atomic E-state index is 12.1. The first-order valence-corrected chi connectivity index (χ1v) is 12.2. The lowest BCUT2D eigenvalue weighted by molar-refractivity contribution is -0.136. The summed E-state index contributed by atoms with van der Waals surface area (Å²) in [5.74, 6) is -1.16. The number of rotatable bonds is 10. The third kappa shape index (κ3) is 5.56. The van der Waals surface area contributed by atoms with Crippen molar-refractivity contribution in [2.45, 2.75) is 6.61 Å². The maximum Gasteiger partial charge on any atom is 0.323 e. The van der Waals surface area contributed by atoms with Gasteiger partial charge in [0.15, 0.2) is 5.43 Å². The van der Waals surface area contributed by atoms with Gasteiger partial charge >= 0.3 is 11.9 Å². The van der Waals surface area contributed by atoms with Crippen LogP contribution in [0.1, 0.15) is 5.69 Å². The summed E-state index contributed by atoms with van der Waals surface area (Å²) in [6.45, 7) is -1.03. The van der Waals surface area contributed by atoms with E-state index in [1.54, 1.807) is 61.8 Å². The largest absolute Gasteiger partial charge is 0.497 e. The van der Waals surface area contributed by atoms with E-state index in [1.165, 1.54) is 17.0 Å². The first-order valence-electron chi connectivity index (χ1n) is 12.2. The lowest BCUT2D eigenvalue weighted by atomic mass is 9.93. The van der Waals surface area contributed by atoms with E-state index in [2.05, 4.69) is 4.98 Å². The Kier molecular flexibility index (Phi) is 7.32. The highest BCUT2D eigenvalue weighted by Gasteiger charge is 2.22. The normalized spacial score (nSPS) is 10.9. The Morgan fingerprint density at radius 3 is 2.45 bits per heavy atom. The second kappa shape index (κ2) is 11.2. The molecule has 0 spiro atoms. The minimum absolute atomic E-state index is 0.0631. The molecule has 202 valence electrons. The number of nitrogens with zero attached hydrogens (tertiary/aromatic N) is 2. The topological polar surface area (TPSA) is 139 Å². The summed E-state index contributed by atoms with van der Waals surface area (Å²) in [5, 5.41) is 19.7. The van der Waals surface area contributed by atoms with Crippen LogP contribution in [-0.4, -0.2) is 47.3 Å². The van der Waals surface area contributed by atoms with Crippen molar-refractivity contribution in [1.29, 1.82) is 0 Å². The number of aromatic nitrogens is 1. The molecule has 1 aliphatic carbocycles. The van der Waals surface area contributed by atoms with Crippen molar-refractivity contribution >= 4 is 28.6 Å². The molecule has 1 aliphatic heterocycles. The van der Waals surface area contributed by atoms with Gasteiger partial charge in [0.2, 0.25) is 0 Å². The smallest absolute Gasteiger partial charge is 0.323 e. The van der Waals surface area contributed by atoms with Crippen molar-refractivity contribution in [2.24, 2.45) is 0 Å². The second-order valence-electron chi connectivity index (χ2n) is 8.93. The number of carbonyl (C=O) groups is 2. The average molecular weight is 541 g/mol. The van der Waals surface area contributed by atoms with Gasteiger partial charge in [0.1, 0.15) is 42.5 Å². The van der Waals surface area contributed by atoms with Gasteiger partial charge in [0, 0.05) is 34.8 Å². The zero-order valence-electron chi connectivity index (χ0n) is 21.4. The molecule has 2 heterocycles. The average Bonchev–Trinajstić information content (AvgIpc) is 2.94. The van der Waals surface area contributed by atoms with Crippen molar-refractivity contribution in [3.8, 4) is 33.9 Å². The minimum Gasteiger partial charge on any atom is -0.497 e. The highest BCUT2D eigenvalue weighted by Crippen LogP contribution is 2.43. The summed E-state index contributed by atoms with van der Waals surface area (Å²) in [5.41, 5.74) is 3.31. The van der Waals surface area contributed by atoms with Gasteiger partial charge in [0.25, 0.3) is 0 Å². The second-order valence-corrected chi connectivity index (χ2v) is 8.93. The fourth-order valence-electron chi connectivity index (χ4n) is 4.52. The Bertz CT molecular complexity index is 1720. The van der Waals surface area contributed by atoms with Crippen molar-refractivity contribution in [3.05, 3.63) is 94.9 Å². The molecule has 0 radical (unpaired) electrons. The molecule has 10 nitrogen and oxygen atoms in total. The molecule has 0 fully saturated rings. The summed E-state index contributed by atoms with van der Waals surface area (Å²) < 4.78 is 17.5. The molecule has 0 atom stereocenters. The molecule has 0 amide bonds. The number of ether oxygens (including phenoxy) is 2. The highest BCUT2D eigenvalue weighted by molar-refractivity contribution is 6.02. The SMILES string of the molecule is COc1ccc2c(-c3ccc(N(CC(=O)O)CC(=O)O)c(OCc4ccccn4)c3)c3ccc(=O)cc-3oc2c1. The fourth-order valence-corrected chi connectivity index (χ4v) is 4.52. The zero-order valence-corrected chi connectivity index (χ0v) is 21.4. The van der Waals surface area contributed by atoms with Gasteiger partial charge in [-0.3, -0.25) is 19.4 Å². The highest BCUT2D eigenvalue weighted by atomic mass is 16.5. The van der Waals surface area contributed by atoms with Gasteiger partial charge in [-0.05, 0) is 54.1 Å². The Morgan fingerprint density at radius 2 is 1.75 bits per heavy atom. The number of anilines is 1. The lowest BCUT2D eigenvalue weighted by Gasteiger charge is -2.24. The Labute approximate surface area is 228 Å². The molecular weight excluding hydrogens is 516 g/mol. The van der Waals surface area contributed by atoms with Crippen LogP contribution in [0.5, 0.6) is 11.5 Å². The van der Waals surface area contributed by atoms with Gasteiger partial charge in [-0.1, -0.05) is 12.1 Å². The van der Waals surface area contributed by atoms with E-state index in [1.807, 2.05) is 12.1 Å². The number of hydrogen-bond acceptors (Lipinski definition) is 8. The molecule has 0 bridgehead atoms. The maximum atomic E-state index is 12.1. The number of pyridine rings is 1. The minimum atomic E-state index is -1.19.